The number of benzene rings is 2. The number of nitrogens with zero attached hydrogens (tertiary/aromatic N) is 1. The monoisotopic (exact) mass is 334 g/mol. The van der Waals surface area contributed by atoms with E-state index in [-0.39, 0.29) is 18.4 Å². The average molecular weight is 335 g/mol. The van der Waals surface area contributed by atoms with Crippen LogP contribution in [0.2, 0.25) is 5.02 Å². The molecule has 0 bridgehead atoms. The van der Waals surface area contributed by atoms with Gasteiger partial charge in [0.2, 0.25) is 11.8 Å². The van der Waals surface area contributed by atoms with Gasteiger partial charge in [0.1, 0.15) is 12.4 Å². The van der Waals surface area contributed by atoms with Crippen molar-refractivity contribution in [3.63, 3.8) is 0 Å². The van der Waals surface area contributed by atoms with E-state index in [1.807, 2.05) is 6.92 Å². The fourth-order valence-electron chi connectivity index (χ4n) is 2.07. The smallest absolute Gasteiger partial charge is 0.244 e. The van der Waals surface area contributed by atoms with Gasteiger partial charge in [-0.1, -0.05) is 17.7 Å². The maximum atomic E-state index is 13.0. The van der Waals surface area contributed by atoms with E-state index >= 15 is 0 Å². The summed E-state index contributed by atoms with van der Waals surface area (Å²) in [6, 6.07) is 10.6. The fraction of sp³-hybridized carbons (Fsp3) is 0.176. The lowest BCUT2D eigenvalue weighted by Gasteiger charge is -2.21. The van der Waals surface area contributed by atoms with E-state index in [1.54, 1.807) is 18.2 Å². The number of amides is 2. The molecule has 2 aromatic rings. The first-order valence-corrected chi connectivity index (χ1v) is 7.34. The van der Waals surface area contributed by atoms with Crippen LogP contribution < -0.4 is 10.2 Å². The van der Waals surface area contributed by atoms with Gasteiger partial charge >= 0.3 is 0 Å². The van der Waals surface area contributed by atoms with E-state index in [2.05, 4.69) is 5.32 Å². The van der Waals surface area contributed by atoms with Crippen LogP contribution in [0.4, 0.5) is 15.8 Å². The van der Waals surface area contributed by atoms with Crippen molar-refractivity contribution in [1.82, 2.24) is 0 Å². The summed E-state index contributed by atoms with van der Waals surface area (Å²) in [5.74, 6) is -1.08. The van der Waals surface area contributed by atoms with Crippen LogP contribution in [-0.2, 0) is 9.59 Å². The minimum atomic E-state index is -0.406. The number of aryl methyl sites for hydroxylation is 1. The van der Waals surface area contributed by atoms with Crippen LogP contribution in [0.5, 0.6) is 0 Å². The molecule has 120 valence electrons. The Morgan fingerprint density at radius 3 is 2.43 bits per heavy atom. The van der Waals surface area contributed by atoms with Crippen molar-refractivity contribution in [1.29, 1.82) is 0 Å². The third-order valence-electron chi connectivity index (χ3n) is 3.29. The minimum Gasteiger partial charge on any atom is -0.324 e. The number of rotatable bonds is 4. The van der Waals surface area contributed by atoms with Crippen LogP contribution in [0.15, 0.2) is 42.5 Å². The Hall–Kier alpha value is -2.40. The fourth-order valence-corrected chi connectivity index (χ4v) is 2.24. The van der Waals surface area contributed by atoms with Crippen molar-refractivity contribution in [2.45, 2.75) is 13.8 Å². The molecule has 2 rings (SSSR count). The van der Waals surface area contributed by atoms with Crippen molar-refractivity contribution in [3.05, 3.63) is 58.9 Å². The first-order chi connectivity index (χ1) is 10.9. The van der Waals surface area contributed by atoms with Gasteiger partial charge in [-0.2, -0.15) is 0 Å². The molecule has 0 unspecified atom stereocenters. The molecule has 0 fully saturated rings. The zero-order valence-corrected chi connectivity index (χ0v) is 13.5. The summed E-state index contributed by atoms with van der Waals surface area (Å²) in [4.78, 5) is 25.3. The van der Waals surface area contributed by atoms with Gasteiger partial charge in [-0.05, 0) is 48.9 Å². The highest BCUT2D eigenvalue weighted by Gasteiger charge is 2.16. The van der Waals surface area contributed by atoms with Gasteiger partial charge < -0.3 is 10.2 Å². The normalized spacial score (nSPS) is 10.3. The molecule has 0 atom stereocenters. The molecule has 0 saturated heterocycles. The highest BCUT2D eigenvalue weighted by atomic mass is 35.5. The first kappa shape index (κ1) is 17.0. The van der Waals surface area contributed by atoms with Crippen molar-refractivity contribution in [2.75, 3.05) is 16.8 Å². The quantitative estimate of drug-likeness (QED) is 0.925. The Balaban J connectivity index is 2.14. The second kappa shape index (κ2) is 7.24. The Morgan fingerprint density at radius 2 is 1.83 bits per heavy atom. The molecule has 0 aliphatic carbocycles. The number of anilines is 2. The van der Waals surface area contributed by atoms with E-state index in [0.29, 0.717) is 16.4 Å². The lowest BCUT2D eigenvalue weighted by molar-refractivity contribution is -0.120. The second-order valence-corrected chi connectivity index (χ2v) is 5.53. The molecule has 0 radical (unpaired) electrons. The van der Waals surface area contributed by atoms with Crippen LogP contribution in [0.25, 0.3) is 0 Å². The number of hydrogen-bond acceptors (Lipinski definition) is 2. The van der Waals surface area contributed by atoms with E-state index in [1.165, 1.54) is 36.1 Å². The highest BCUT2D eigenvalue weighted by molar-refractivity contribution is 6.31. The molecule has 23 heavy (non-hydrogen) atoms. The second-order valence-electron chi connectivity index (χ2n) is 5.09. The number of carbonyl (C=O) groups excluding carboxylic acids is 2. The summed E-state index contributed by atoms with van der Waals surface area (Å²) in [6.07, 6.45) is 0. The zero-order valence-electron chi connectivity index (χ0n) is 12.8. The lowest BCUT2D eigenvalue weighted by Crippen LogP contribution is -2.36. The van der Waals surface area contributed by atoms with Crippen molar-refractivity contribution < 1.29 is 14.0 Å². The summed E-state index contributed by atoms with van der Waals surface area (Å²) in [6.45, 7) is 3.02. The SMILES string of the molecule is CC(=O)N(CC(=O)Nc1cc(Cl)ccc1C)c1ccc(F)cc1. The van der Waals surface area contributed by atoms with Crippen molar-refractivity contribution in [3.8, 4) is 0 Å². The topological polar surface area (TPSA) is 49.4 Å². The van der Waals surface area contributed by atoms with Gasteiger partial charge in [-0.15, -0.1) is 0 Å². The van der Waals surface area contributed by atoms with Crippen LogP contribution >= 0.6 is 11.6 Å². The molecule has 0 spiro atoms. The number of hydrogen-bond donors (Lipinski definition) is 1. The summed E-state index contributed by atoms with van der Waals surface area (Å²) in [7, 11) is 0. The van der Waals surface area contributed by atoms with E-state index < -0.39 is 5.82 Å². The molecule has 6 heteroatoms. The zero-order chi connectivity index (χ0) is 17.0. The van der Waals surface area contributed by atoms with Gasteiger partial charge in [-0.25, -0.2) is 4.39 Å². The van der Waals surface area contributed by atoms with Gasteiger partial charge in [0, 0.05) is 23.3 Å². The molecule has 4 nitrogen and oxygen atoms in total. The lowest BCUT2D eigenvalue weighted by atomic mass is 10.2. The Kier molecular flexibility index (Phi) is 5.34. The Bertz CT molecular complexity index is 732. The van der Waals surface area contributed by atoms with Crippen LogP contribution in [0.3, 0.4) is 0 Å². The third kappa shape index (κ3) is 4.53. The molecule has 0 aromatic heterocycles. The first-order valence-electron chi connectivity index (χ1n) is 6.96. The minimum absolute atomic E-state index is 0.174. The summed E-state index contributed by atoms with van der Waals surface area (Å²) in [5, 5.41) is 3.23. The standard InChI is InChI=1S/C17H16ClFN2O2/c1-11-3-4-13(18)9-16(11)20-17(23)10-21(12(2)22)15-7-5-14(19)6-8-15/h3-9H,10H2,1-2H3,(H,20,23). The third-order valence-corrected chi connectivity index (χ3v) is 3.53. The Morgan fingerprint density at radius 1 is 1.17 bits per heavy atom. The predicted molar refractivity (Wildman–Crippen MR) is 89.2 cm³/mol. The molecule has 1 N–H and O–H groups in total. The van der Waals surface area contributed by atoms with Crippen molar-refractivity contribution >= 4 is 34.8 Å². The largest absolute Gasteiger partial charge is 0.324 e. The van der Waals surface area contributed by atoms with E-state index in [0.717, 1.165) is 5.56 Å². The summed E-state index contributed by atoms with van der Waals surface area (Å²) >= 11 is 5.92. The van der Waals surface area contributed by atoms with Gasteiger partial charge in [-0.3, -0.25) is 9.59 Å². The molecule has 2 aromatic carbocycles. The number of nitrogens with one attached hydrogen (secondary N) is 1. The van der Waals surface area contributed by atoms with E-state index in [4.69, 9.17) is 11.6 Å². The van der Waals surface area contributed by atoms with Gasteiger partial charge in [0.15, 0.2) is 0 Å². The van der Waals surface area contributed by atoms with E-state index in [9.17, 15) is 14.0 Å². The molecule has 0 saturated carbocycles. The van der Waals surface area contributed by atoms with Gasteiger partial charge in [0.25, 0.3) is 0 Å². The average Bonchev–Trinajstić information content (AvgIpc) is 2.49. The molecule has 0 aliphatic heterocycles. The van der Waals surface area contributed by atoms with Crippen LogP contribution in [-0.4, -0.2) is 18.4 Å². The van der Waals surface area contributed by atoms with Crippen LogP contribution in [0.1, 0.15) is 12.5 Å². The molecule has 0 aliphatic rings. The number of halogens is 2. The maximum absolute atomic E-state index is 13.0. The predicted octanol–water partition coefficient (Wildman–Crippen LogP) is 3.78. The molecular formula is C17H16ClFN2O2. The highest BCUT2D eigenvalue weighted by Crippen LogP contribution is 2.21. The molecule has 0 heterocycles. The molecule has 2 amide bonds. The molecular weight excluding hydrogens is 319 g/mol. The maximum Gasteiger partial charge on any atom is 0.244 e. The number of carbonyl (C=O) groups is 2. The van der Waals surface area contributed by atoms with Gasteiger partial charge in [0.05, 0.1) is 0 Å². The Labute approximate surface area is 138 Å². The summed E-state index contributed by atoms with van der Waals surface area (Å²) < 4.78 is 13.0. The van der Waals surface area contributed by atoms with Crippen molar-refractivity contribution in [2.24, 2.45) is 0 Å². The van der Waals surface area contributed by atoms with Crippen LogP contribution in [0, 0.1) is 12.7 Å². The summed E-state index contributed by atoms with van der Waals surface area (Å²) in [5.41, 5.74) is 1.90.